The Morgan fingerprint density at radius 1 is 1.19 bits per heavy atom. The maximum absolute atomic E-state index is 12.8. The first-order valence-corrected chi connectivity index (χ1v) is 7.36. The summed E-state index contributed by atoms with van der Waals surface area (Å²) in [7, 11) is 0. The molecule has 2 aromatic carbocycles. The van der Waals surface area contributed by atoms with Crippen molar-refractivity contribution in [1.82, 2.24) is 4.90 Å². The summed E-state index contributed by atoms with van der Waals surface area (Å²) in [6.45, 7) is 2.63. The summed E-state index contributed by atoms with van der Waals surface area (Å²) in [6.07, 6.45) is 2.18. The number of hydrogen-bond donors (Lipinski definition) is 1. The van der Waals surface area contributed by atoms with Gasteiger partial charge in [0, 0.05) is 18.3 Å². The van der Waals surface area contributed by atoms with Crippen molar-refractivity contribution in [3.8, 4) is 0 Å². The van der Waals surface area contributed by atoms with Gasteiger partial charge < -0.3 is 10.6 Å². The lowest BCUT2D eigenvalue weighted by Crippen LogP contribution is -2.33. The molecular weight excluding hydrogens is 260 g/mol. The lowest BCUT2D eigenvalue weighted by molar-refractivity contribution is 0.0731. The molecule has 3 nitrogen and oxygen atoms in total. The fraction of sp³-hybridized carbons (Fsp3) is 0.278. The zero-order chi connectivity index (χ0) is 14.8. The summed E-state index contributed by atoms with van der Waals surface area (Å²) < 4.78 is 0. The third-order valence-electron chi connectivity index (χ3n) is 3.88. The average molecular weight is 280 g/mol. The van der Waals surface area contributed by atoms with E-state index in [-0.39, 0.29) is 5.91 Å². The number of amides is 1. The van der Waals surface area contributed by atoms with Crippen molar-refractivity contribution in [2.75, 3.05) is 5.73 Å². The van der Waals surface area contributed by atoms with Crippen LogP contribution in [0.1, 0.15) is 34.3 Å². The van der Waals surface area contributed by atoms with Gasteiger partial charge in [0.2, 0.25) is 0 Å². The number of aryl methyl sites for hydroxylation is 1. The van der Waals surface area contributed by atoms with Gasteiger partial charge in [-0.2, -0.15) is 0 Å². The largest absolute Gasteiger partial charge is 0.398 e. The zero-order valence-corrected chi connectivity index (χ0v) is 12.3. The molecule has 3 rings (SSSR count). The highest BCUT2D eigenvalue weighted by molar-refractivity contribution is 5.99. The Morgan fingerprint density at radius 2 is 1.90 bits per heavy atom. The predicted molar refractivity (Wildman–Crippen MR) is 84.9 cm³/mol. The van der Waals surface area contributed by atoms with Crippen LogP contribution >= 0.6 is 0 Å². The Kier molecular flexibility index (Phi) is 3.65. The van der Waals surface area contributed by atoms with E-state index in [1.54, 1.807) is 0 Å². The van der Waals surface area contributed by atoms with E-state index in [2.05, 4.69) is 12.1 Å². The molecule has 1 amide bonds. The van der Waals surface area contributed by atoms with Gasteiger partial charge in [0.05, 0.1) is 5.56 Å². The number of nitrogens with zero attached hydrogens (tertiary/aromatic N) is 1. The Morgan fingerprint density at radius 3 is 2.57 bits per heavy atom. The van der Waals surface area contributed by atoms with Gasteiger partial charge in [-0.25, -0.2) is 0 Å². The van der Waals surface area contributed by atoms with Gasteiger partial charge >= 0.3 is 0 Å². The van der Waals surface area contributed by atoms with Crippen LogP contribution in [0, 0.1) is 6.92 Å². The van der Waals surface area contributed by atoms with Crippen molar-refractivity contribution in [2.45, 2.75) is 32.4 Å². The van der Waals surface area contributed by atoms with Gasteiger partial charge in [-0.1, -0.05) is 42.0 Å². The number of anilines is 1. The second-order valence-electron chi connectivity index (χ2n) is 5.74. The molecule has 0 aromatic heterocycles. The second kappa shape index (κ2) is 5.60. The Bertz CT molecular complexity index is 648. The molecule has 0 saturated heterocycles. The fourth-order valence-electron chi connectivity index (χ4n) is 2.54. The van der Waals surface area contributed by atoms with Crippen molar-refractivity contribution in [3.63, 3.8) is 0 Å². The average Bonchev–Trinajstić information content (AvgIpc) is 3.32. The van der Waals surface area contributed by atoms with Crippen LogP contribution in [0.3, 0.4) is 0 Å². The topological polar surface area (TPSA) is 46.3 Å². The van der Waals surface area contributed by atoms with Crippen LogP contribution in [-0.4, -0.2) is 16.8 Å². The summed E-state index contributed by atoms with van der Waals surface area (Å²) in [4.78, 5) is 14.8. The first-order valence-electron chi connectivity index (χ1n) is 7.36. The minimum Gasteiger partial charge on any atom is -0.398 e. The highest BCUT2D eigenvalue weighted by atomic mass is 16.2. The molecule has 108 valence electrons. The molecule has 1 fully saturated rings. The molecule has 0 unspecified atom stereocenters. The predicted octanol–water partition coefficient (Wildman–Crippen LogP) is 3.38. The summed E-state index contributed by atoms with van der Waals surface area (Å²) in [5.41, 5.74) is 9.39. The van der Waals surface area contributed by atoms with Crippen molar-refractivity contribution in [1.29, 1.82) is 0 Å². The van der Waals surface area contributed by atoms with E-state index >= 15 is 0 Å². The van der Waals surface area contributed by atoms with E-state index in [0.717, 1.165) is 24.0 Å². The first kappa shape index (κ1) is 13.7. The van der Waals surface area contributed by atoms with Crippen molar-refractivity contribution >= 4 is 11.6 Å². The normalized spacial score (nSPS) is 14.0. The fourth-order valence-corrected chi connectivity index (χ4v) is 2.54. The van der Waals surface area contributed by atoms with Gasteiger partial charge in [0.25, 0.3) is 5.91 Å². The molecule has 1 saturated carbocycles. The van der Waals surface area contributed by atoms with E-state index in [0.29, 0.717) is 23.8 Å². The minimum absolute atomic E-state index is 0.0440. The number of nitrogens with two attached hydrogens (primary N) is 1. The van der Waals surface area contributed by atoms with Crippen LogP contribution in [0.2, 0.25) is 0 Å². The molecule has 0 radical (unpaired) electrons. The Hall–Kier alpha value is -2.29. The Labute approximate surface area is 125 Å². The van der Waals surface area contributed by atoms with Crippen LogP contribution in [-0.2, 0) is 6.54 Å². The SMILES string of the molecule is Cc1ccc(N)c(C(=O)N(Cc2ccccc2)C2CC2)c1. The van der Waals surface area contributed by atoms with Gasteiger partial charge in [0.1, 0.15) is 0 Å². The highest BCUT2D eigenvalue weighted by Gasteiger charge is 2.33. The van der Waals surface area contributed by atoms with Gasteiger partial charge in [0.15, 0.2) is 0 Å². The smallest absolute Gasteiger partial charge is 0.256 e. The van der Waals surface area contributed by atoms with Crippen LogP contribution < -0.4 is 5.73 Å². The van der Waals surface area contributed by atoms with Crippen molar-refractivity contribution < 1.29 is 4.79 Å². The number of nitrogen functional groups attached to an aromatic ring is 1. The van der Waals surface area contributed by atoms with E-state index in [9.17, 15) is 4.79 Å². The van der Waals surface area contributed by atoms with E-state index < -0.39 is 0 Å². The van der Waals surface area contributed by atoms with Gasteiger partial charge in [-0.3, -0.25) is 4.79 Å². The molecule has 0 spiro atoms. The van der Waals surface area contributed by atoms with Crippen molar-refractivity contribution in [2.24, 2.45) is 0 Å². The number of rotatable bonds is 4. The zero-order valence-electron chi connectivity index (χ0n) is 12.3. The maximum Gasteiger partial charge on any atom is 0.256 e. The molecule has 2 N–H and O–H groups in total. The van der Waals surface area contributed by atoms with Gasteiger partial charge in [-0.15, -0.1) is 0 Å². The molecule has 2 aromatic rings. The third-order valence-corrected chi connectivity index (χ3v) is 3.88. The first-order chi connectivity index (χ1) is 10.1. The van der Waals surface area contributed by atoms with Crippen LogP contribution in [0.5, 0.6) is 0 Å². The standard InChI is InChI=1S/C18H20N2O/c1-13-7-10-17(19)16(11-13)18(21)20(15-8-9-15)12-14-5-3-2-4-6-14/h2-7,10-11,15H,8-9,12,19H2,1H3. The molecular formula is C18H20N2O. The summed E-state index contributed by atoms with van der Waals surface area (Å²) >= 11 is 0. The number of benzene rings is 2. The molecule has 0 heterocycles. The third kappa shape index (κ3) is 3.07. The quantitative estimate of drug-likeness (QED) is 0.873. The number of carbonyl (C=O) groups excluding carboxylic acids is 1. The number of hydrogen-bond acceptors (Lipinski definition) is 2. The molecule has 1 aliphatic carbocycles. The summed E-state index contributed by atoms with van der Waals surface area (Å²) in [5, 5.41) is 0. The number of carbonyl (C=O) groups is 1. The second-order valence-corrected chi connectivity index (χ2v) is 5.74. The van der Waals surface area contributed by atoms with Crippen molar-refractivity contribution in [3.05, 3.63) is 65.2 Å². The minimum atomic E-state index is 0.0440. The van der Waals surface area contributed by atoms with E-state index in [1.807, 2.05) is 48.2 Å². The molecule has 0 atom stereocenters. The highest BCUT2D eigenvalue weighted by Crippen LogP contribution is 2.31. The Balaban J connectivity index is 1.87. The van der Waals surface area contributed by atoms with Gasteiger partial charge in [-0.05, 0) is 37.5 Å². The monoisotopic (exact) mass is 280 g/mol. The van der Waals surface area contributed by atoms with E-state index in [1.165, 1.54) is 0 Å². The van der Waals surface area contributed by atoms with Crippen LogP contribution in [0.4, 0.5) is 5.69 Å². The summed E-state index contributed by atoms with van der Waals surface area (Å²) in [5.74, 6) is 0.0440. The van der Waals surface area contributed by atoms with Crippen LogP contribution in [0.25, 0.3) is 0 Å². The summed E-state index contributed by atoms with van der Waals surface area (Å²) in [6, 6.07) is 16.1. The van der Waals surface area contributed by atoms with E-state index in [4.69, 9.17) is 5.73 Å². The van der Waals surface area contributed by atoms with Crippen LogP contribution in [0.15, 0.2) is 48.5 Å². The lowest BCUT2D eigenvalue weighted by atomic mass is 10.1. The lowest BCUT2D eigenvalue weighted by Gasteiger charge is -2.23. The molecule has 0 aliphatic heterocycles. The molecule has 3 heteroatoms. The molecule has 1 aliphatic rings. The maximum atomic E-state index is 12.8. The molecule has 21 heavy (non-hydrogen) atoms. The molecule has 0 bridgehead atoms.